The van der Waals surface area contributed by atoms with Crippen molar-refractivity contribution in [1.82, 2.24) is 9.97 Å². The van der Waals surface area contributed by atoms with Crippen molar-refractivity contribution >= 4 is 11.9 Å². The Kier molecular flexibility index (Phi) is 7.11. The van der Waals surface area contributed by atoms with Gasteiger partial charge < -0.3 is 15.0 Å². The number of hydrogen-bond donors (Lipinski definition) is 1. The molecule has 0 bridgehead atoms. The predicted octanol–water partition coefficient (Wildman–Crippen LogP) is 4.48. The number of halogens is 1. The molecule has 3 rings (SSSR count). The fourth-order valence-corrected chi connectivity index (χ4v) is 3.07. The summed E-state index contributed by atoms with van der Waals surface area (Å²) in [6.07, 6.45) is 7.29. The number of nitrogens with one attached hydrogen (secondary N) is 1. The van der Waals surface area contributed by atoms with Crippen molar-refractivity contribution < 1.29 is 9.13 Å². The molecule has 0 saturated heterocycles. The summed E-state index contributed by atoms with van der Waals surface area (Å²) in [6, 6.07) is 6.23. The second-order valence-electron chi connectivity index (χ2n) is 7.03. The number of aromatic nitrogens is 2. The molecule has 0 fully saturated rings. The highest BCUT2D eigenvalue weighted by Gasteiger charge is 2.30. The highest BCUT2D eigenvalue weighted by atomic mass is 19.1. The zero-order chi connectivity index (χ0) is 22.4. The maximum Gasteiger partial charge on any atom is 0.205 e. The molecule has 2 aromatic rings. The van der Waals surface area contributed by atoms with Gasteiger partial charge in [-0.3, -0.25) is 0 Å². The van der Waals surface area contributed by atoms with Crippen molar-refractivity contribution in [3.63, 3.8) is 0 Å². The van der Waals surface area contributed by atoms with E-state index in [1.54, 1.807) is 31.6 Å². The first-order valence-corrected chi connectivity index (χ1v) is 9.75. The number of nitrogens with zero attached hydrogens (tertiary/aromatic N) is 3. The molecule has 1 aliphatic carbocycles. The Labute approximate surface area is 182 Å². The van der Waals surface area contributed by atoms with Crippen LogP contribution in [-0.2, 0) is 4.74 Å². The quantitative estimate of drug-likeness (QED) is 0.392. The number of ether oxygens (including phenoxy) is 1. The summed E-state index contributed by atoms with van der Waals surface area (Å²) in [5.41, 5.74) is 4.60. The standard InChI is InChI=1S/C25H24FN4O/c1-17(24-14-20(24)8-11-31-4)23(6-7-25-28-9-5-10-29-25)18(2)30(3)22-13-19(16-27)12-21(26)15-22/h5,9-10,12-16,27H,1,8,11H2,2-4H3/b23-18-,27-16?. The van der Waals surface area contributed by atoms with Gasteiger partial charge in [0.15, 0.2) is 0 Å². The minimum Gasteiger partial charge on any atom is -0.384 e. The van der Waals surface area contributed by atoms with Gasteiger partial charge in [0, 0.05) is 56.3 Å². The van der Waals surface area contributed by atoms with Gasteiger partial charge in [-0.05, 0) is 54.7 Å². The first kappa shape index (κ1) is 22.1. The van der Waals surface area contributed by atoms with E-state index in [-0.39, 0.29) is 0 Å². The van der Waals surface area contributed by atoms with Crippen LogP contribution in [0.25, 0.3) is 0 Å². The lowest BCUT2D eigenvalue weighted by Crippen LogP contribution is -2.17. The highest BCUT2D eigenvalue weighted by molar-refractivity contribution is 5.79. The number of hydrogen-bond acceptors (Lipinski definition) is 5. The molecular formula is C25H24FN4O. The van der Waals surface area contributed by atoms with Gasteiger partial charge in [-0.25, -0.2) is 14.4 Å². The molecule has 0 atom stereocenters. The van der Waals surface area contributed by atoms with E-state index >= 15 is 0 Å². The van der Waals surface area contributed by atoms with E-state index in [0.717, 1.165) is 29.8 Å². The lowest BCUT2D eigenvalue weighted by Gasteiger charge is -2.23. The Bertz CT molecular complexity index is 1110. The highest BCUT2D eigenvalue weighted by Crippen LogP contribution is 2.43. The van der Waals surface area contributed by atoms with Crippen LogP contribution in [0.15, 0.2) is 71.7 Å². The van der Waals surface area contributed by atoms with E-state index < -0.39 is 5.82 Å². The summed E-state index contributed by atoms with van der Waals surface area (Å²) in [7, 11) is 3.51. The molecule has 1 N–H and O–H groups in total. The molecule has 1 aromatic carbocycles. The molecule has 157 valence electrons. The molecule has 0 unspecified atom stereocenters. The summed E-state index contributed by atoms with van der Waals surface area (Å²) in [5, 5.41) is 7.45. The van der Waals surface area contributed by atoms with E-state index in [1.807, 2.05) is 18.9 Å². The van der Waals surface area contributed by atoms with Crippen molar-refractivity contribution in [3.05, 3.63) is 94.9 Å². The molecule has 6 heteroatoms. The first-order chi connectivity index (χ1) is 14.9. The van der Waals surface area contributed by atoms with Crippen LogP contribution in [0, 0.1) is 29.0 Å². The lowest BCUT2D eigenvalue weighted by atomic mass is 9.97. The van der Waals surface area contributed by atoms with Crippen molar-refractivity contribution in [2.45, 2.75) is 13.3 Å². The third-order valence-corrected chi connectivity index (χ3v) is 4.97. The van der Waals surface area contributed by atoms with Gasteiger partial charge in [0.25, 0.3) is 0 Å². The monoisotopic (exact) mass is 415 g/mol. The minimum absolute atomic E-state index is 0.403. The Hall–Kier alpha value is -3.56. The summed E-state index contributed by atoms with van der Waals surface area (Å²) in [6.45, 7) is 6.82. The van der Waals surface area contributed by atoms with Crippen LogP contribution in [0.5, 0.6) is 0 Å². The molecule has 0 amide bonds. The second kappa shape index (κ2) is 9.96. The van der Waals surface area contributed by atoms with Crippen LogP contribution < -0.4 is 4.90 Å². The molecule has 0 saturated carbocycles. The van der Waals surface area contributed by atoms with Crippen molar-refractivity contribution in [2.75, 3.05) is 25.7 Å². The SMILES string of the molecule is C=C([C]1C=C1CCOC)/C(C#Cc1ncccn1)=C(/C)N(C)c1cc(F)cc(C=N)c1. The number of methoxy groups -OCH3 is 1. The molecule has 5 nitrogen and oxygen atoms in total. The largest absolute Gasteiger partial charge is 0.384 e. The van der Waals surface area contributed by atoms with Crippen LogP contribution in [0.4, 0.5) is 10.1 Å². The topological polar surface area (TPSA) is 62.1 Å². The minimum atomic E-state index is -0.403. The van der Waals surface area contributed by atoms with Gasteiger partial charge in [-0.15, -0.1) is 0 Å². The van der Waals surface area contributed by atoms with Crippen LogP contribution in [0.2, 0.25) is 0 Å². The van der Waals surface area contributed by atoms with Gasteiger partial charge in [-0.1, -0.05) is 24.1 Å². The molecule has 0 spiro atoms. The summed E-state index contributed by atoms with van der Waals surface area (Å²) >= 11 is 0. The van der Waals surface area contributed by atoms with Crippen LogP contribution in [0.3, 0.4) is 0 Å². The van der Waals surface area contributed by atoms with Crippen molar-refractivity contribution in [1.29, 1.82) is 5.41 Å². The third-order valence-electron chi connectivity index (χ3n) is 4.97. The summed E-state index contributed by atoms with van der Waals surface area (Å²) in [5.74, 6) is 7.23. The Morgan fingerprint density at radius 1 is 1.29 bits per heavy atom. The number of benzene rings is 1. The fourth-order valence-electron chi connectivity index (χ4n) is 3.07. The van der Waals surface area contributed by atoms with Crippen LogP contribution in [-0.4, -0.2) is 36.9 Å². The molecule has 31 heavy (non-hydrogen) atoms. The maximum absolute atomic E-state index is 14.0. The molecule has 1 radical (unpaired) electrons. The third kappa shape index (κ3) is 5.53. The maximum atomic E-state index is 14.0. The zero-order valence-electron chi connectivity index (χ0n) is 17.9. The van der Waals surface area contributed by atoms with Crippen molar-refractivity contribution in [2.24, 2.45) is 0 Å². The van der Waals surface area contributed by atoms with Gasteiger partial charge in [-0.2, -0.15) is 0 Å². The van der Waals surface area contributed by atoms with Crippen molar-refractivity contribution in [3.8, 4) is 11.8 Å². The van der Waals surface area contributed by atoms with E-state index in [0.29, 0.717) is 29.3 Å². The zero-order valence-corrected chi connectivity index (χ0v) is 17.9. The van der Waals surface area contributed by atoms with Crippen LogP contribution in [0.1, 0.15) is 24.7 Å². The van der Waals surface area contributed by atoms with E-state index in [9.17, 15) is 4.39 Å². The van der Waals surface area contributed by atoms with E-state index in [2.05, 4.69) is 34.5 Å². The van der Waals surface area contributed by atoms with E-state index in [4.69, 9.17) is 10.1 Å². The molecular weight excluding hydrogens is 391 g/mol. The Balaban J connectivity index is 1.97. The Morgan fingerprint density at radius 2 is 2.03 bits per heavy atom. The molecule has 0 aliphatic heterocycles. The average Bonchev–Trinajstić information content (AvgIpc) is 3.56. The molecule has 1 aromatic heterocycles. The first-order valence-electron chi connectivity index (χ1n) is 9.75. The number of rotatable bonds is 8. The van der Waals surface area contributed by atoms with Gasteiger partial charge in [0.2, 0.25) is 5.82 Å². The molecule has 1 heterocycles. The lowest BCUT2D eigenvalue weighted by molar-refractivity contribution is 0.203. The van der Waals surface area contributed by atoms with Gasteiger partial charge in [0.05, 0.1) is 5.92 Å². The molecule has 1 aliphatic rings. The van der Waals surface area contributed by atoms with Gasteiger partial charge >= 0.3 is 0 Å². The number of anilines is 1. The van der Waals surface area contributed by atoms with Crippen LogP contribution >= 0.6 is 0 Å². The fraction of sp³-hybridized carbons (Fsp3) is 0.200. The second-order valence-corrected chi connectivity index (χ2v) is 7.03. The van der Waals surface area contributed by atoms with Gasteiger partial charge in [0.1, 0.15) is 5.82 Å². The summed E-state index contributed by atoms with van der Waals surface area (Å²) < 4.78 is 19.2. The number of allylic oxidation sites excluding steroid dienone is 4. The average molecular weight is 415 g/mol. The normalized spacial score (nSPS) is 13.5. The summed E-state index contributed by atoms with van der Waals surface area (Å²) in [4.78, 5) is 10.2. The Morgan fingerprint density at radius 3 is 2.71 bits per heavy atom. The van der Waals surface area contributed by atoms with E-state index in [1.165, 1.54) is 17.7 Å². The predicted molar refractivity (Wildman–Crippen MR) is 121 cm³/mol. The smallest absolute Gasteiger partial charge is 0.205 e.